The van der Waals surface area contributed by atoms with Crippen molar-refractivity contribution < 1.29 is 14.6 Å². The largest absolute Gasteiger partial charge is 0.394 e. The average Bonchev–Trinajstić information content (AvgIpc) is 2.46. The number of nitrogens with one attached hydrogen (secondary N) is 1. The molecule has 1 aliphatic rings. The second kappa shape index (κ2) is 7.23. The van der Waals surface area contributed by atoms with Gasteiger partial charge < -0.3 is 20.1 Å². The van der Waals surface area contributed by atoms with Crippen molar-refractivity contribution in [2.45, 2.75) is 12.6 Å². The van der Waals surface area contributed by atoms with Crippen molar-refractivity contribution in [3.63, 3.8) is 0 Å². The predicted molar refractivity (Wildman–Crippen MR) is 71.6 cm³/mol. The van der Waals surface area contributed by atoms with Gasteiger partial charge in [0.05, 0.1) is 32.4 Å². The van der Waals surface area contributed by atoms with E-state index in [-0.39, 0.29) is 18.6 Å². The molecular formula is C14H20N2O3. The number of aliphatic hydroxyl groups is 1. The van der Waals surface area contributed by atoms with Crippen molar-refractivity contribution in [3.05, 3.63) is 35.9 Å². The smallest absolute Gasteiger partial charge is 0.236 e. The molecule has 0 aromatic heterocycles. The lowest BCUT2D eigenvalue weighted by molar-refractivity contribution is -0.137. The second-order valence-electron chi connectivity index (χ2n) is 4.60. The Labute approximate surface area is 113 Å². The number of carbonyl (C=O) groups is 1. The second-order valence-corrected chi connectivity index (χ2v) is 4.60. The first kappa shape index (κ1) is 14.0. The fraction of sp³-hybridized carbons (Fsp3) is 0.500. The van der Waals surface area contributed by atoms with Gasteiger partial charge in [-0.05, 0) is 5.56 Å². The first-order valence-corrected chi connectivity index (χ1v) is 6.54. The highest BCUT2D eigenvalue weighted by Gasteiger charge is 2.25. The first-order chi connectivity index (χ1) is 9.31. The van der Waals surface area contributed by atoms with Crippen LogP contribution in [0.4, 0.5) is 0 Å². The van der Waals surface area contributed by atoms with Crippen molar-refractivity contribution in [2.75, 3.05) is 32.8 Å². The minimum Gasteiger partial charge on any atom is -0.394 e. The molecule has 2 N–H and O–H groups in total. The molecule has 0 unspecified atom stereocenters. The van der Waals surface area contributed by atoms with E-state index in [1.807, 2.05) is 30.3 Å². The maximum atomic E-state index is 11.7. The fourth-order valence-electron chi connectivity index (χ4n) is 2.14. The van der Waals surface area contributed by atoms with Gasteiger partial charge in [0.1, 0.15) is 0 Å². The number of aliphatic hydroxyl groups excluding tert-OH is 1. The van der Waals surface area contributed by atoms with Crippen molar-refractivity contribution in [1.29, 1.82) is 0 Å². The zero-order chi connectivity index (χ0) is 13.5. The zero-order valence-electron chi connectivity index (χ0n) is 10.9. The summed E-state index contributed by atoms with van der Waals surface area (Å²) in [6.45, 7) is 2.52. The summed E-state index contributed by atoms with van der Waals surface area (Å²) in [5, 5.41) is 12.4. The van der Waals surface area contributed by atoms with Crippen molar-refractivity contribution in [3.8, 4) is 0 Å². The van der Waals surface area contributed by atoms with Crippen LogP contribution in [0.1, 0.15) is 5.56 Å². The van der Waals surface area contributed by atoms with E-state index in [9.17, 15) is 9.90 Å². The van der Waals surface area contributed by atoms with E-state index in [2.05, 4.69) is 5.32 Å². The van der Waals surface area contributed by atoms with Crippen LogP contribution in [0.2, 0.25) is 0 Å². The Hall–Kier alpha value is -1.43. The van der Waals surface area contributed by atoms with Crippen molar-refractivity contribution in [2.24, 2.45) is 0 Å². The molecule has 104 valence electrons. The monoisotopic (exact) mass is 264 g/mol. The van der Waals surface area contributed by atoms with E-state index >= 15 is 0 Å². The summed E-state index contributed by atoms with van der Waals surface area (Å²) in [6.07, 6.45) is 0. The van der Waals surface area contributed by atoms with Gasteiger partial charge in [0, 0.05) is 13.1 Å². The maximum absolute atomic E-state index is 11.7. The highest BCUT2D eigenvalue weighted by molar-refractivity contribution is 5.79. The lowest BCUT2D eigenvalue weighted by Crippen LogP contribution is -2.54. The van der Waals surface area contributed by atoms with Gasteiger partial charge in [0.15, 0.2) is 0 Å². The quantitative estimate of drug-likeness (QED) is 0.759. The highest BCUT2D eigenvalue weighted by Crippen LogP contribution is 2.06. The molecule has 1 atom stereocenters. The minimum absolute atomic E-state index is 0.0219. The van der Waals surface area contributed by atoms with Gasteiger partial charge in [-0.1, -0.05) is 30.3 Å². The molecule has 2 rings (SSSR count). The van der Waals surface area contributed by atoms with Gasteiger partial charge in [0.2, 0.25) is 5.91 Å². The molecule has 1 fully saturated rings. The standard InChI is InChI=1S/C14H20N2O3/c17-9-13(16-7-6-15-8-14(16)18)11-19-10-12-4-2-1-3-5-12/h1-5,13,15,17H,6-11H2/t13-/m1/s1. The molecule has 1 amide bonds. The Kier molecular flexibility index (Phi) is 5.32. The Balaban J connectivity index is 1.80. The number of amides is 1. The average molecular weight is 264 g/mol. The molecule has 5 heteroatoms. The third-order valence-corrected chi connectivity index (χ3v) is 3.20. The van der Waals surface area contributed by atoms with Crippen LogP contribution in [0, 0.1) is 0 Å². The number of carbonyl (C=O) groups excluding carboxylic acids is 1. The molecule has 1 heterocycles. The topological polar surface area (TPSA) is 61.8 Å². The van der Waals surface area contributed by atoms with E-state index in [0.717, 1.165) is 12.1 Å². The molecule has 0 saturated carbocycles. The molecular weight excluding hydrogens is 244 g/mol. The van der Waals surface area contributed by atoms with Crippen molar-refractivity contribution in [1.82, 2.24) is 10.2 Å². The van der Waals surface area contributed by atoms with Gasteiger partial charge >= 0.3 is 0 Å². The third kappa shape index (κ3) is 4.02. The van der Waals surface area contributed by atoms with Gasteiger partial charge in [-0.25, -0.2) is 0 Å². The first-order valence-electron chi connectivity index (χ1n) is 6.54. The molecule has 1 aromatic carbocycles. The Bertz CT molecular complexity index is 397. The van der Waals surface area contributed by atoms with E-state index in [1.165, 1.54) is 0 Å². The van der Waals surface area contributed by atoms with Gasteiger partial charge in [-0.2, -0.15) is 0 Å². The number of hydrogen-bond acceptors (Lipinski definition) is 4. The van der Waals surface area contributed by atoms with Gasteiger partial charge in [-0.3, -0.25) is 4.79 Å². The van der Waals surface area contributed by atoms with E-state index in [4.69, 9.17) is 4.74 Å². The van der Waals surface area contributed by atoms with E-state index < -0.39 is 0 Å². The number of piperazine rings is 1. The van der Waals surface area contributed by atoms with Crippen molar-refractivity contribution >= 4 is 5.91 Å². The molecule has 0 spiro atoms. The maximum Gasteiger partial charge on any atom is 0.236 e. The zero-order valence-corrected chi connectivity index (χ0v) is 10.9. The summed E-state index contributed by atoms with van der Waals surface area (Å²) >= 11 is 0. The van der Waals surface area contributed by atoms with Crippen LogP contribution < -0.4 is 5.32 Å². The number of ether oxygens (including phenoxy) is 1. The summed E-state index contributed by atoms with van der Waals surface area (Å²) in [5.41, 5.74) is 1.09. The fourth-order valence-corrected chi connectivity index (χ4v) is 2.14. The number of nitrogens with zero attached hydrogens (tertiary/aromatic N) is 1. The number of rotatable bonds is 6. The summed E-state index contributed by atoms with van der Waals surface area (Å²) in [5.74, 6) is 0.0219. The lowest BCUT2D eigenvalue weighted by Gasteiger charge is -2.33. The molecule has 19 heavy (non-hydrogen) atoms. The summed E-state index contributed by atoms with van der Waals surface area (Å²) in [7, 11) is 0. The van der Waals surface area contributed by atoms with Crippen LogP contribution in [-0.2, 0) is 16.1 Å². The summed E-state index contributed by atoms with van der Waals surface area (Å²) in [4.78, 5) is 13.4. The highest BCUT2D eigenvalue weighted by atomic mass is 16.5. The molecule has 1 aliphatic heterocycles. The Morgan fingerprint density at radius 1 is 1.37 bits per heavy atom. The Morgan fingerprint density at radius 2 is 2.16 bits per heavy atom. The number of benzene rings is 1. The van der Waals surface area contributed by atoms with Crippen LogP contribution in [0.5, 0.6) is 0 Å². The van der Waals surface area contributed by atoms with Crippen LogP contribution in [0.3, 0.4) is 0 Å². The third-order valence-electron chi connectivity index (χ3n) is 3.20. The lowest BCUT2D eigenvalue weighted by atomic mass is 10.2. The van der Waals surface area contributed by atoms with Gasteiger partial charge in [-0.15, -0.1) is 0 Å². The molecule has 1 aromatic rings. The van der Waals surface area contributed by atoms with Gasteiger partial charge in [0.25, 0.3) is 0 Å². The minimum atomic E-state index is -0.252. The van der Waals surface area contributed by atoms with Crippen LogP contribution >= 0.6 is 0 Å². The summed E-state index contributed by atoms with van der Waals surface area (Å²) in [6, 6.07) is 9.61. The molecule has 5 nitrogen and oxygen atoms in total. The van der Waals surface area contributed by atoms with Crippen LogP contribution in [0.15, 0.2) is 30.3 Å². The van der Waals surface area contributed by atoms with E-state index in [1.54, 1.807) is 4.90 Å². The van der Waals surface area contributed by atoms with E-state index in [0.29, 0.717) is 26.3 Å². The number of hydrogen-bond donors (Lipinski definition) is 2. The molecule has 1 saturated heterocycles. The molecule has 0 aliphatic carbocycles. The van der Waals surface area contributed by atoms with Crippen LogP contribution in [0.25, 0.3) is 0 Å². The van der Waals surface area contributed by atoms with Crippen LogP contribution in [-0.4, -0.2) is 54.8 Å². The molecule has 0 radical (unpaired) electrons. The normalized spacial score (nSPS) is 17.5. The molecule has 0 bridgehead atoms. The SMILES string of the molecule is O=C1CNCCN1[C@H](CO)COCc1ccccc1. The Morgan fingerprint density at radius 3 is 2.84 bits per heavy atom. The summed E-state index contributed by atoms with van der Waals surface area (Å²) < 4.78 is 5.60. The predicted octanol–water partition coefficient (Wildman–Crippen LogP) is -0.00410.